The van der Waals surface area contributed by atoms with Crippen molar-refractivity contribution in [3.8, 4) is 0 Å². The Labute approximate surface area is 107 Å². The van der Waals surface area contributed by atoms with Crippen LogP contribution in [0.5, 0.6) is 0 Å². The summed E-state index contributed by atoms with van der Waals surface area (Å²) in [6.45, 7) is 8.67. The predicted octanol–water partition coefficient (Wildman–Crippen LogP) is 4.71. The van der Waals surface area contributed by atoms with Gasteiger partial charge >= 0.3 is 5.97 Å². The number of carbonyl (C=O) groups is 1. The average molecular weight is 242 g/mol. The van der Waals surface area contributed by atoms with Crippen molar-refractivity contribution in [3.05, 3.63) is 0 Å². The van der Waals surface area contributed by atoms with Crippen LogP contribution in [0.2, 0.25) is 0 Å². The van der Waals surface area contributed by atoms with E-state index in [1.165, 1.54) is 19.3 Å². The van der Waals surface area contributed by atoms with Gasteiger partial charge in [0.2, 0.25) is 0 Å². The van der Waals surface area contributed by atoms with Crippen LogP contribution in [0.3, 0.4) is 0 Å². The molecule has 0 aromatic heterocycles. The Hall–Kier alpha value is -0.530. The van der Waals surface area contributed by atoms with Gasteiger partial charge in [0.15, 0.2) is 0 Å². The van der Waals surface area contributed by atoms with Crippen molar-refractivity contribution in [2.24, 2.45) is 5.92 Å². The molecule has 0 saturated heterocycles. The van der Waals surface area contributed by atoms with Crippen LogP contribution in [0.15, 0.2) is 0 Å². The Morgan fingerprint density at radius 2 is 1.65 bits per heavy atom. The summed E-state index contributed by atoms with van der Waals surface area (Å²) in [4.78, 5) is 11.5. The normalized spacial score (nSPS) is 12.8. The zero-order valence-electron chi connectivity index (χ0n) is 12.1. The molecule has 0 aliphatic heterocycles. The second-order valence-corrected chi connectivity index (χ2v) is 4.88. The molecule has 0 aliphatic rings. The van der Waals surface area contributed by atoms with Crippen molar-refractivity contribution >= 4 is 5.97 Å². The second-order valence-electron chi connectivity index (χ2n) is 4.88. The molecule has 0 N–H and O–H groups in total. The lowest BCUT2D eigenvalue weighted by Crippen LogP contribution is -2.18. The molecule has 0 heterocycles. The summed E-state index contributed by atoms with van der Waals surface area (Å²) in [6.07, 6.45) is 8.35. The van der Waals surface area contributed by atoms with E-state index >= 15 is 0 Å². The van der Waals surface area contributed by atoms with Gasteiger partial charge in [-0.2, -0.15) is 0 Å². The third-order valence-electron chi connectivity index (χ3n) is 3.54. The zero-order valence-corrected chi connectivity index (χ0v) is 12.1. The van der Waals surface area contributed by atoms with E-state index < -0.39 is 0 Å². The van der Waals surface area contributed by atoms with Crippen LogP contribution in [0.4, 0.5) is 0 Å². The van der Waals surface area contributed by atoms with Gasteiger partial charge in [-0.25, -0.2) is 0 Å². The number of esters is 1. The maximum Gasteiger partial charge on any atom is 0.306 e. The molecule has 0 radical (unpaired) electrons. The first kappa shape index (κ1) is 16.5. The molecule has 0 saturated carbocycles. The molecule has 0 aromatic carbocycles. The highest BCUT2D eigenvalue weighted by atomic mass is 16.5. The number of hydrogen-bond donors (Lipinski definition) is 0. The van der Waals surface area contributed by atoms with Crippen molar-refractivity contribution in [2.75, 3.05) is 0 Å². The summed E-state index contributed by atoms with van der Waals surface area (Å²) in [6, 6.07) is 0. The van der Waals surface area contributed by atoms with Gasteiger partial charge in [-0.05, 0) is 31.6 Å². The molecule has 1 unspecified atom stereocenters. The fraction of sp³-hybridized carbons (Fsp3) is 0.933. The van der Waals surface area contributed by atoms with Crippen LogP contribution < -0.4 is 0 Å². The van der Waals surface area contributed by atoms with Crippen LogP contribution in [-0.4, -0.2) is 12.1 Å². The molecule has 2 nitrogen and oxygen atoms in total. The molecule has 0 aliphatic carbocycles. The van der Waals surface area contributed by atoms with Crippen LogP contribution in [0, 0.1) is 5.92 Å². The summed E-state index contributed by atoms with van der Waals surface area (Å²) < 4.78 is 5.50. The smallest absolute Gasteiger partial charge is 0.306 e. The Kier molecular flexibility index (Phi) is 10.3. The largest absolute Gasteiger partial charge is 0.462 e. The van der Waals surface area contributed by atoms with Crippen LogP contribution in [0.25, 0.3) is 0 Å². The maximum atomic E-state index is 11.5. The number of rotatable bonds is 10. The topological polar surface area (TPSA) is 26.3 Å². The highest BCUT2D eigenvalue weighted by Crippen LogP contribution is 2.19. The average Bonchev–Trinajstić information content (AvgIpc) is 2.35. The summed E-state index contributed by atoms with van der Waals surface area (Å²) in [7, 11) is 0. The van der Waals surface area contributed by atoms with E-state index in [9.17, 15) is 4.79 Å². The molecular weight excluding hydrogens is 212 g/mol. The van der Waals surface area contributed by atoms with E-state index in [0.29, 0.717) is 6.42 Å². The molecule has 17 heavy (non-hydrogen) atoms. The maximum absolute atomic E-state index is 11.5. The molecule has 0 amide bonds. The molecule has 2 heteroatoms. The number of ether oxygens (including phenoxy) is 1. The molecule has 0 bridgehead atoms. The third kappa shape index (κ3) is 8.23. The van der Waals surface area contributed by atoms with E-state index in [-0.39, 0.29) is 12.1 Å². The highest BCUT2D eigenvalue weighted by molar-refractivity contribution is 5.69. The first-order valence-corrected chi connectivity index (χ1v) is 7.37. The van der Waals surface area contributed by atoms with Crippen LogP contribution in [0.1, 0.15) is 79.1 Å². The molecule has 0 fully saturated rings. The van der Waals surface area contributed by atoms with Gasteiger partial charge in [-0.3, -0.25) is 4.79 Å². The lowest BCUT2D eigenvalue weighted by molar-refractivity contribution is -0.149. The van der Waals surface area contributed by atoms with E-state index in [1.54, 1.807) is 0 Å². The van der Waals surface area contributed by atoms with E-state index in [2.05, 4.69) is 27.7 Å². The Bertz CT molecular complexity index is 185. The SMILES string of the molecule is CCCCC(=O)OC(CC)CCC(CC)CC. The minimum atomic E-state index is -0.0109. The van der Waals surface area contributed by atoms with Gasteiger partial charge < -0.3 is 4.74 Å². The van der Waals surface area contributed by atoms with E-state index in [0.717, 1.165) is 31.6 Å². The first-order valence-electron chi connectivity index (χ1n) is 7.37. The van der Waals surface area contributed by atoms with Gasteiger partial charge in [0.1, 0.15) is 6.10 Å². The third-order valence-corrected chi connectivity index (χ3v) is 3.54. The summed E-state index contributed by atoms with van der Waals surface area (Å²) in [5.74, 6) is 0.779. The second kappa shape index (κ2) is 10.6. The summed E-state index contributed by atoms with van der Waals surface area (Å²) in [5.41, 5.74) is 0. The van der Waals surface area contributed by atoms with Gasteiger partial charge in [-0.1, -0.05) is 47.0 Å². The monoisotopic (exact) mass is 242 g/mol. The Morgan fingerprint density at radius 1 is 1.00 bits per heavy atom. The molecule has 102 valence electrons. The molecular formula is C15H30O2. The quantitative estimate of drug-likeness (QED) is 0.518. The summed E-state index contributed by atoms with van der Waals surface area (Å²) >= 11 is 0. The minimum absolute atomic E-state index is 0.0109. The predicted molar refractivity (Wildman–Crippen MR) is 73.0 cm³/mol. The van der Waals surface area contributed by atoms with Gasteiger partial charge in [-0.15, -0.1) is 0 Å². The van der Waals surface area contributed by atoms with Crippen molar-refractivity contribution in [3.63, 3.8) is 0 Å². The van der Waals surface area contributed by atoms with Gasteiger partial charge in [0.05, 0.1) is 0 Å². The first-order chi connectivity index (χ1) is 8.17. The molecule has 1 atom stereocenters. The lowest BCUT2D eigenvalue weighted by Gasteiger charge is -2.19. The van der Waals surface area contributed by atoms with E-state index in [1.807, 2.05) is 0 Å². The van der Waals surface area contributed by atoms with Crippen molar-refractivity contribution < 1.29 is 9.53 Å². The van der Waals surface area contributed by atoms with Crippen molar-refractivity contribution in [1.82, 2.24) is 0 Å². The zero-order chi connectivity index (χ0) is 13.1. The Balaban J connectivity index is 3.86. The number of hydrogen-bond acceptors (Lipinski definition) is 2. The molecule has 0 aromatic rings. The molecule has 0 spiro atoms. The minimum Gasteiger partial charge on any atom is -0.462 e. The van der Waals surface area contributed by atoms with Crippen molar-refractivity contribution in [2.45, 2.75) is 85.2 Å². The fourth-order valence-electron chi connectivity index (χ4n) is 2.03. The van der Waals surface area contributed by atoms with Gasteiger partial charge in [0, 0.05) is 6.42 Å². The van der Waals surface area contributed by atoms with E-state index in [4.69, 9.17) is 4.74 Å². The number of carbonyl (C=O) groups excluding carboxylic acids is 1. The molecule has 0 rings (SSSR count). The van der Waals surface area contributed by atoms with Gasteiger partial charge in [0.25, 0.3) is 0 Å². The van der Waals surface area contributed by atoms with Crippen molar-refractivity contribution in [1.29, 1.82) is 0 Å². The fourth-order valence-corrected chi connectivity index (χ4v) is 2.03. The lowest BCUT2D eigenvalue weighted by atomic mass is 9.95. The number of unbranched alkanes of at least 4 members (excludes halogenated alkanes) is 1. The highest BCUT2D eigenvalue weighted by Gasteiger charge is 2.14. The standard InChI is InChI=1S/C15H30O2/c1-5-9-10-15(16)17-14(8-4)12-11-13(6-2)7-3/h13-14H,5-12H2,1-4H3. The van der Waals surface area contributed by atoms with Crippen LogP contribution >= 0.6 is 0 Å². The summed E-state index contributed by atoms with van der Waals surface area (Å²) in [5, 5.41) is 0. The van der Waals surface area contributed by atoms with Crippen LogP contribution in [-0.2, 0) is 9.53 Å². The Morgan fingerprint density at radius 3 is 2.12 bits per heavy atom.